The highest BCUT2D eigenvalue weighted by Gasteiger charge is 2.24. The van der Waals surface area contributed by atoms with E-state index in [4.69, 9.17) is 0 Å². The molecule has 0 aromatic heterocycles. The molecule has 146 valence electrons. The van der Waals surface area contributed by atoms with E-state index in [0.717, 1.165) is 18.2 Å². The van der Waals surface area contributed by atoms with Gasteiger partial charge in [-0.05, 0) is 24.3 Å². The average Bonchev–Trinajstić information content (AvgIpc) is 2.60. The maximum atomic E-state index is 12.4. The number of hydrogen-bond donors (Lipinski definition) is 2. The first-order valence-electron chi connectivity index (χ1n) is 8.15. The predicted octanol–water partition coefficient (Wildman–Crippen LogP) is 3.74. The summed E-state index contributed by atoms with van der Waals surface area (Å²) in [5, 5.41) is 27.2. The second kappa shape index (κ2) is 7.82. The largest absolute Gasteiger partial charge is 0.326 e. The Balaban J connectivity index is 2.26. The molecule has 0 aliphatic rings. The molecule has 0 saturated heterocycles. The van der Waals surface area contributed by atoms with Gasteiger partial charge in [0.2, 0.25) is 5.91 Å². The van der Waals surface area contributed by atoms with Crippen molar-refractivity contribution in [2.45, 2.75) is 20.8 Å². The molecule has 0 aliphatic carbocycles. The second-order valence-electron chi connectivity index (χ2n) is 6.95. The van der Waals surface area contributed by atoms with Gasteiger partial charge in [0.15, 0.2) is 0 Å². The molecule has 2 N–H and O–H groups in total. The summed E-state index contributed by atoms with van der Waals surface area (Å²) in [6.07, 6.45) is 0. The summed E-state index contributed by atoms with van der Waals surface area (Å²) in [6.45, 7) is 5.26. The van der Waals surface area contributed by atoms with Gasteiger partial charge in [-0.15, -0.1) is 0 Å². The fourth-order valence-corrected chi connectivity index (χ4v) is 2.17. The zero-order valence-corrected chi connectivity index (χ0v) is 15.4. The molecule has 0 spiro atoms. The molecule has 2 amide bonds. The number of carbonyl (C=O) groups is 2. The van der Waals surface area contributed by atoms with Crippen molar-refractivity contribution in [3.8, 4) is 0 Å². The summed E-state index contributed by atoms with van der Waals surface area (Å²) in [7, 11) is 0. The molecule has 2 aromatic carbocycles. The molecule has 0 bridgehead atoms. The molecule has 0 unspecified atom stereocenters. The number of nitrogens with zero attached hydrogens (tertiary/aromatic N) is 2. The SMILES string of the molecule is CC(C)(C)C(=O)Nc1cccc(NC(=O)c2ccc([N+](=O)[O-])cc2[N+](=O)[O-])c1. The number of benzene rings is 2. The number of nitro groups is 2. The van der Waals surface area contributed by atoms with Crippen LogP contribution in [0.2, 0.25) is 0 Å². The Bertz CT molecular complexity index is 965. The number of rotatable bonds is 5. The lowest BCUT2D eigenvalue weighted by Crippen LogP contribution is -2.27. The van der Waals surface area contributed by atoms with Crippen LogP contribution < -0.4 is 10.6 Å². The van der Waals surface area contributed by atoms with Crippen molar-refractivity contribution in [1.29, 1.82) is 0 Å². The molecule has 0 fully saturated rings. The van der Waals surface area contributed by atoms with E-state index in [2.05, 4.69) is 10.6 Å². The standard InChI is InChI=1S/C18H18N4O6/c1-18(2,3)17(24)20-12-6-4-5-11(9-12)19-16(23)14-8-7-13(21(25)26)10-15(14)22(27)28/h4-10H,1-3H3,(H,19,23)(H,20,24). The third-order valence-corrected chi connectivity index (χ3v) is 3.69. The van der Waals surface area contributed by atoms with Crippen LogP contribution in [0.15, 0.2) is 42.5 Å². The normalized spacial score (nSPS) is 10.8. The van der Waals surface area contributed by atoms with Crippen LogP contribution in [0.3, 0.4) is 0 Å². The van der Waals surface area contributed by atoms with Crippen molar-refractivity contribution in [2.24, 2.45) is 5.41 Å². The highest BCUT2D eigenvalue weighted by Crippen LogP contribution is 2.26. The zero-order valence-electron chi connectivity index (χ0n) is 15.4. The Kier molecular flexibility index (Phi) is 5.73. The maximum Gasteiger partial charge on any atom is 0.289 e. The van der Waals surface area contributed by atoms with E-state index in [9.17, 15) is 29.8 Å². The van der Waals surface area contributed by atoms with Crippen LogP contribution in [0, 0.1) is 25.6 Å². The highest BCUT2D eigenvalue weighted by atomic mass is 16.6. The fourth-order valence-electron chi connectivity index (χ4n) is 2.17. The molecule has 0 heterocycles. The first kappa shape index (κ1) is 20.5. The first-order valence-corrected chi connectivity index (χ1v) is 8.15. The monoisotopic (exact) mass is 386 g/mol. The van der Waals surface area contributed by atoms with E-state index in [1.54, 1.807) is 39.0 Å². The van der Waals surface area contributed by atoms with Crippen molar-refractivity contribution in [3.63, 3.8) is 0 Å². The smallest absolute Gasteiger partial charge is 0.289 e. The van der Waals surface area contributed by atoms with Crippen LogP contribution in [0.1, 0.15) is 31.1 Å². The van der Waals surface area contributed by atoms with Gasteiger partial charge in [-0.25, -0.2) is 0 Å². The number of amides is 2. The molecule has 0 atom stereocenters. The van der Waals surface area contributed by atoms with Gasteiger partial charge < -0.3 is 10.6 Å². The first-order chi connectivity index (χ1) is 13.0. The molecule has 28 heavy (non-hydrogen) atoms. The van der Waals surface area contributed by atoms with Gasteiger partial charge in [-0.3, -0.25) is 29.8 Å². The Labute approximate surface area is 159 Å². The van der Waals surface area contributed by atoms with Crippen molar-refractivity contribution in [1.82, 2.24) is 0 Å². The number of non-ortho nitro benzene ring substituents is 1. The van der Waals surface area contributed by atoms with Crippen LogP contribution in [-0.4, -0.2) is 21.7 Å². The van der Waals surface area contributed by atoms with Crippen LogP contribution in [-0.2, 0) is 4.79 Å². The lowest BCUT2D eigenvalue weighted by atomic mass is 9.95. The minimum atomic E-state index is -0.859. The molecule has 0 aliphatic heterocycles. The predicted molar refractivity (Wildman–Crippen MR) is 102 cm³/mol. The van der Waals surface area contributed by atoms with Crippen LogP contribution in [0.25, 0.3) is 0 Å². The average molecular weight is 386 g/mol. The van der Waals surface area contributed by atoms with Gasteiger partial charge in [-0.1, -0.05) is 26.8 Å². The lowest BCUT2D eigenvalue weighted by molar-refractivity contribution is -0.394. The van der Waals surface area contributed by atoms with Crippen LogP contribution >= 0.6 is 0 Å². The molecular weight excluding hydrogens is 368 g/mol. The number of carbonyl (C=O) groups excluding carboxylic acids is 2. The third kappa shape index (κ3) is 4.87. The van der Waals surface area contributed by atoms with E-state index in [0.29, 0.717) is 11.4 Å². The minimum absolute atomic E-state index is 0.220. The summed E-state index contributed by atoms with van der Waals surface area (Å²) in [6, 6.07) is 9.04. The van der Waals surface area contributed by atoms with Gasteiger partial charge in [0.25, 0.3) is 17.3 Å². The Morgan fingerprint density at radius 1 is 0.893 bits per heavy atom. The van der Waals surface area contributed by atoms with Crippen LogP contribution in [0.5, 0.6) is 0 Å². The van der Waals surface area contributed by atoms with Crippen molar-refractivity contribution >= 4 is 34.6 Å². The molecule has 2 aromatic rings. The summed E-state index contributed by atoms with van der Waals surface area (Å²) in [5.41, 5.74) is -1.36. The summed E-state index contributed by atoms with van der Waals surface area (Å²) >= 11 is 0. The van der Waals surface area contributed by atoms with Gasteiger partial charge in [0, 0.05) is 22.9 Å². The molecule has 10 heteroatoms. The maximum absolute atomic E-state index is 12.4. The zero-order chi connectivity index (χ0) is 21.1. The topological polar surface area (TPSA) is 144 Å². The highest BCUT2D eigenvalue weighted by molar-refractivity contribution is 6.07. The van der Waals surface area contributed by atoms with Gasteiger partial charge >= 0.3 is 0 Å². The summed E-state index contributed by atoms with van der Waals surface area (Å²) in [5.74, 6) is -1.03. The number of hydrogen-bond acceptors (Lipinski definition) is 6. The van der Waals surface area contributed by atoms with Gasteiger partial charge in [-0.2, -0.15) is 0 Å². The quantitative estimate of drug-likeness (QED) is 0.591. The van der Waals surface area contributed by atoms with E-state index in [1.807, 2.05) is 0 Å². The molecule has 0 radical (unpaired) electrons. The Hall–Kier alpha value is -3.82. The third-order valence-electron chi connectivity index (χ3n) is 3.69. The number of nitro benzene ring substituents is 2. The Morgan fingerprint density at radius 3 is 2.04 bits per heavy atom. The van der Waals surface area contributed by atoms with E-state index < -0.39 is 32.5 Å². The molecule has 10 nitrogen and oxygen atoms in total. The number of nitrogens with one attached hydrogen (secondary N) is 2. The van der Waals surface area contributed by atoms with Crippen molar-refractivity contribution < 1.29 is 19.4 Å². The van der Waals surface area contributed by atoms with Gasteiger partial charge in [0.05, 0.1) is 15.9 Å². The second-order valence-corrected chi connectivity index (χ2v) is 6.95. The lowest BCUT2D eigenvalue weighted by Gasteiger charge is -2.18. The van der Waals surface area contributed by atoms with Crippen molar-refractivity contribution in [2.75, 3.05) is 10.6 Å². The number of anilines is 2. The van der Waals surface area contributed by atoms with Gasteiger partial charge in [0.1, 0.15) is 5.56 Å². The summed E-state index contributed by atoms with van der Waals surface area (Å²) in [4.78, 5) is 44.8. The van der Waals surface area contributed by atoms with E-state index >= 15 is 0 Å². The van der Waals surface area contributed by atoms with Crippen LogP contribution in [0.4, 0.5) is 22.7 Å². The fraction of sp³-hybridized carbons (Fsp3) is 0.222. The molecular formula is C18H18N4O6. The molecule has 0 saturated carbocycles. The van der Waals surface area contributed by atoms with E-state index in [1.165, 1.54) is 6.07 Å². The van der Waals surface area contributed by atoms with E-state index in [-0.39, 0.29) is 11.5 Å². The summed E-state index contributed by atoms with van der Waals surface area (Å²) < 4.78 is 0. The molecule has 2 rings (SSSR count). The Morgan fingerprint density at radius 2 is 1.50 bits per heavy atom. The van der Waals surface area contributed by atoms with Crippen molar-refractivity contribution in [3.05, 3.63) is 68.3 Å². The minimum Gasteiger partial charge on any atom is -0.326 e.